The van der Waals surface area contributed by atoms with Gasteiger partial charge in [-0.15, -0.1) is 0 Å². The summed E-state index contributed by atoms with van der Waals surface area (Å²) in [5.74, 6) is -0.153. The van der Waals surface area contributed by atoms with Crippen molar-refractivity contribution in [1.82, 2.24) is 0 Å². The maximum atomic E-state index is 10.8. The minimum Gasteiger partial charge on any atom is -0.469 e. The fraction of sp³-hybridized carbons (Fsp3) is 0.308. The minimum absolute atomic E-state index is 0.153. The number of benzene rings is 1. The van der Waals surface area contributed by atoms with Crippen molar-refractivity contribution in [3.05, 3.63) is 48.0 Å². The van der Waals surface area contributed by atoms with Gasteiger partial charge in [0.05, 0.1) is 7.11 Å². The molecule has 15 heavy (non-hydrogen) atoms. The van der Waals surface area contributed by atoms with Gasteiger partial charge in [0.2, 0.25) is 0 Å². The predicted octanol–water partition coefficient (Wildman–Crippen LogP) is 2.74. The number of allylic oxidation sites excluding steroid dienone is 2. The number of hydrogen-bond donors (Lipinski definition) is 0. The molecule has 0 aliphatic carbocycles. The van der Waals surface area contributed by atoms with Crippen LogP contribution in [0.4, 0.5) is 0 Å². The van der Waals surface area contributed by atoms with E-state index in [1.54, 1.807) is 0 Å². The molecule has 0 spiro atoms. The molecular formula is C13H16O2. The van der Waals surface area contributed by atoms with Crippen molar-refractivity contribution < 1.29 is 9.53 Å². The normalized spacial score (nSPS) is 10.5. The molecule has 1 aromatic carbocycles. The second-order valence-electron chi connectivity index (χ2n) is 3.28. The molecule has 0 aromatic heterocycles. The summed E-state index contributed by atoms with van der Waals surface area (Å²) in [6.45, 7) is 0. The first-order valence-corrected chi connectivity index (χ1v) is 5.08. The van der Waals surface area contributed by atoms with E-state index in [4.69, 9.17) is 0 Å². The van der Waals surface area contributed by atoms with Crippen LogP contribution in [0.15, 0.2) is 42.5 Å². The summed E-state index contributed by atoms with van der Waals surface area (Å²) in [5.41, 5.74) is 1.28. The van der Waals surface area contributed by atoms with Crippen LogP contribution in [0.2, 0.25) is 0 Å². The summed E-state index contributed by atoms with van der Waals surface area (Å²) in [7, 11) is 1.41. The van der Waals surface area contributed by atoms with Gasteiger partial charge >= 0.3 is 5.97 Å². The summed E-state index contributed by atoms with van der Waals surface area (Å²) in [5, 5.41) is 0. The molecule has 0 saturated carbocycles. The Morgan fingerprint density at radius 3 is 2.67 bits per heavy atom. The van der Waals surface area contributed by atoms with Crippen LogP contribution in [-0.4, -0.2) is 13.1 Å². The zero-order chi connectivity index (χ0) is 10.9. The average molecular weight is 204 g/mol. The summed E-state index contributed by atoms with van der Waals surface area (Å²) in [6.07, 6.45) is 6.23. The highest BCUT2D eigenvalue weighted by atomic mass is 16.5. The van der Waals surface area contributed by atoms with Crippen molar-refractivity contribution in [3.63, 3.8) is 0 Å². The largest absolute Gasteiger partial charge is 0.469 e. The van der Waals surface area contributed by atoms with E-state index in [0.717, 1.165) is 12.8 Å². The van der Waals surface area contributed by atoms with Crippen LogP contribution in [0.1, 0.15) is 18.4 Å². The summed E-state index contributed by atoms with van der Waals surface area (Å²) in [6, 6.07) is 10.2. The zero-order valence-electron chi connectivity index (χ0n) is 8.98. The Bertz CT molecular complexity index is 315. The van der Waals surface area contributed by atoms with Gasteiger partial charge < -0.3 is 4.74 Å². The smallest absolute Gasteiger partial charge is 0.305 e. The zero-order valence-corrected chi connectivity index (χ0v) is 8.98. The van der Waals surface area contributed by atoms with E-state index in [1.165, 1.54) is 12.7 Å². The van der Waals surface area contributed by atoms with Gasteiger partial charge in [-0.3, -0.25) is 4.79 Å². The fourth-order valence-electron chi connectivity index (χ4n) is 1.25. The molecule has 0 fully saturated rings. The number of methoxy groups -OCH3 is 1. The van der Waals surface area contributed by atoms with Crippen molar-refractivity contribution in [1.29, 1.82) is 0 Å². The first-order valence-electron chi connectivity index (χ1n) is 5.08. The molecule has 2 nitrogen and oxygen atoms in total. The molecule has 0 radical (unpaired) electrons. The Labute approximate surface area is 90.6 Å². The monoisotopic (exact) mass is 204 g/mol. The Morgan fingerprint density at radius 2 is 2.00 bits per heavy atom. The lowest BCUT2D eigenvalue weighted by molar-refractivity contribution is -0.140. The third kappa shape index (κ3) is 5.01. The number of carbonyl (C=O) groups excluding carboxylic acids is 1. The molecule has 0 aliphatic rings. The molecule has 2 heteroatoms. The van der Waals surface area contributed by atoms with E-state index < -0.39 is 0 Å². The Kier molecular flexibility index (Phi) is 5.23. The maximum Gasteiger partial charge on any atom is 0.305 e. The molecule has 0 bridgehead atoms. The van der Waals surface area contributed by atoms with Crippen LogP contribution in [0.5, 0.6) is 0 Å². The van der Waals surface area contributed by atoms with Gasteiger partial charge in [0.25, 0.3) is 0 Å². The highest BCUT2D eigenvalue weighted by Crippen LogP contribution is 2.01. The molecule has 0 heterocycles. The Balaban J connectivity index is 2.20. The van der Waals surface area contributed by atoms with E-state index in [2.05, 4.69) is 22.9 Å². The molecular weight excluding hydrogens is 188 g/mol. The Morgan fingerprint density at radius 1 is 1.27 bits per heavy atom. The SMILES string of the molecule is COC(=O)CCC=CCc1ccccc1. The third-order valence-electron chi connectivity index (χ3n) is 2.11. The summed E-state index contributed by atoms with van der Waals surface area (Å²) >= 11 is 0. The highest BCUT2D eigenvalue weighted by molar-refractivity contribution is 5.69. The lowest BCUT2D eigenvalue weighted by Gasteiger charge is -1.95. The lowest BCUT2D eigenvalue weighted by Crippen LogP contribution is -1.97. The van der Waals surface area contributed by atoms with E-state index in [0.29, 0.717) is 6.42 Å². The predicted molar refractivity (Wildman–Crippen MR) is 60.5 cm³/mol. The summed E-state index contributed by atoms with van der Waals surface area (Å²) < 4.78 is 4.54. The van der Waals surface area contributed by atoms with Crippen molar-refractivity contribution in [2.45, 2.75) is 19.3 Å². The maximum absolute atomic E-state index is 10.8. The van der Waals surface area contributed by atoms with Gasteiger partial charge in [-0.05, 0) is 18.4 Å². The number of hydrogen-bond acceptors (Lipinski definition) is 2. The van der Waals surface area contributed by atoms with Crippen LogP contribution in [0.3, 0.4) is 0 Å². The molecule has 0 atom stereocenters. The summed E-state index contributed by atoms with van der Waals surface area (Å²) in [4.78, 5) is 10.8. The van der Waals surface area contributed by atoms with Crippen LogP contribution in [-0.2, 0) is 16.0 Å². The van der Waals surface area contributed by atoms with E-state index >= 15 is 0 Å². The van der Waals surface area contributed by atoms with Crippen LogP contribution < -0.4 is 0 Å². The van der Waals surface area contributed by atoms with Gasteiger partial charge in [0, 0.05) is 6.42 Å². The standard InChI is InChI=1S/C13H16O2/c1-15-13(14)11-7-3-6-10-12-8-4-2-5-9-12/h2-6,8-9H,7,10-11H2,1H3. The number of rotatable bonds is 5. The highest BCUT2D eigenvalue weighted by Gasteiger charge is 1.95. The number of esters is 1. The second kappa shape index (κ2) is 6.82. The van der Waals surface area contributed by atoms with E-state index in [1.807, 2.05) is 24.3 Å². The van der Waals surface area contributed by atoms with Crippen LogP contribution in [0.25, 0.3) is 0 Å². The Hall–Kier alpha value is -1.57. The molecule has 0 N–H and O–H groups in total. The van der Waals surface area contributed by atoms with Gasteiger partial charge in [-0.25, -0.2) is 0 Å². The fourth-order valence-corrected chi connectivity index (χ4v) is 1.25. The molecule has 1 aromatic rings. The van der Waals surface area contributed by atoms with Crippen molar-refractivity contribution in [2.24, 2.45) is 0 Å². The van der Waals surface area contributed by atoms with E-state index in [-0.39, 0.29) is 5.97 Å². The molecule has 0 saturated heterocycles. The van der Waals surface area contributed by atoms with Gasteiger partial charge in [0.15, 0.2) is 0 Å². The first kappa shape index (κ1) is 11.5. The lowest BCUT2D eigenvalue weighted by atomic mass is 10.1. The van der Waals surface area contributed by atoms with Crippen molar-refractivity contribution in [2.75, 3.05) is 7.11 Å². The number of carbonyl (C=O) groups is 1. The van der Waals surface area contributed by atoms with Crippen molar-refractivity contribution >= 4 is 5.97 Å². The molecule has 80 valence electrons. The van der Waals surface area contributed by atoms with E-state index in [9.17, 15) is 4.79 Å². The van der Waals surface area contributed by atoms with Gasteiger partial charge in [-0.2, -0.15) is 0 Å². The topological polar surface area (TPSA) is 26.3 Å². The quantitative estimate of drug-likeness (QED) is 0.544. The minimum atomic E-state index is -0.153. The second-order valence-corrected chi connectivity index (χ2v) is 3.28. The van der Waals surface area contributed by atoms with Gasteiger partial charge in [-0.1, -0.05) is 42.5 Å². The first-order chi connectivity index (χ1) is 7.33. The molecule has 0 aliphatic heterocycles. The third-order valence-corrected chi connectivity index (χ3v) is 2.11. The van der Waals surface area contributed by atoms with Crippen LogP contribution >= 0.6 is 0 Å². The van der Waals surface area contributed by atoms with Crippen LogP contribution in [0, 0.1) is 0 Å². The molecule has 0 amide bonds. The van der Waals surface area contributed by atoms with Crippen molar-refractivity contribution in [3.8, 4) is 0 Å². The molecule has 0 unspecified atom stereocenters. The molecule has 1 rings (SSSR count). The van der Waals surface area contributed by atoms with Gasteiger partial charge in [0.1, 0.15) is 0 Å². The number of ether oxygens (including phenoxy) is 1. The average Bonchev–Trinajstić information content (AvgIpc) is 2.29.